The quantitative estimate of drug-likeness (QED) is 0.744. The Morgan fingerprint density at radius 2 is 1.50 bits per heavy atom. The van der Waals surface area contributed by atoms with Crippen molar-refractivity contribution in [1.29, 1.82) is 0 Å². The van der Waals surface area contributed by atoms with Crippen LogP contribution in [0.2, 0.25) is 0 Å². The largest absolute Gasteiger partial charge is 0.420 e. The second kappa shape index (κ2) is 4.75. The third kappa shape index (κ3) is 2.25. The first-order chi connectivity index (χ1) is 8.92. The lowest BCUT2D eigenvalue weighted by Crippen LogP contribution is -1.86. The van der Waals surface area contributed by atoms with Gasteiger partial charge in [0.05, 0.1) is 6.20 Å². The predicted molar refractivity (Wildman–Crippen MR) is 71.7 cm³/mol. The monoisotopic (exact) mass is 236 g/mol. The van der Waals surface area contributed by atoms with Gasteiger partial charge in [-0.15, -0.1) is 0 Å². The highest BCUT2D eigenvalue weighted by Gasteiger charge is 2.05. The summed E-state index contributed by atoms with van der Waals surface area (Å²) in [6.45, 7) is 0. The van der Waals surface area contributed by atoms with Crippen LogP contribution in [-0.2, 0) is 0 Å². The number of para-hydroxylation sites is 1. The average Bonchev–Trinajstić information content (AvgIpc) is 2.89. The highest BCUT2D eigenvalue weighted by molar-refractivity contribution is 5.58. The zero-order chi connectivity index (χ0) is 12.2. The van der Waals surface area contributed by atoms with Crippen molar-refractivity contribution in [3.05, 3.63) is 66.9 Å². The van der Waals surface area contributed by atoms with Gasteiger partial charge in [0.15, 0.2) is 0 Å². The van der Waals surface area contributed by atoms with Crippen LogP contribution in [0, 0.1) is 0 Å². The molecule has 2 aromatic carbocycles. The van der Waals surface area contributed by atoms with E-state index in [-0.39, 0.29) is 0 Å². The molecule has 0 aliphatic heterocycles. The Morgan fingerprint density at radius 3 is 2.22 bits per heavy atom. The van der Waals surface area contributed by atoms with E-state index in [1.54, 1.807) is 6.20 Å². The first-order valence-corrected chi connectivity index (χ1v) is 5.75. The molecule has 3 nitrogen and oxygen atoms in total. The minimum Gasteiger partial charge on any atom is -0.420 e. The summed E-state index contributed by atoms with van der Waals surface area (Å²) in [6.07, 6.45) is 1.69. The van der Waals surface area contributed by atoms with Gasteiger partial charge in [0.1, 0.15) is 0 Å². The summed E-state index contributed by atoms with van der Waals surface area (Å²) in [6, 6.07) is 19.7. The zero-order valence-corrected chi connectivity index (χ0v) is 9.71. The molecule has 1 N–H and O–H groups in total. The summed E-state index contributed by atoms with van der Waals surface area (Å²) >= 11 is 0. The molecule has 0 amide bonds. The van der Waals surface area contributed by atoms with Gasteiger partial charge in [-0.2, -0.15) is 0 Å². The Kier molecular flexibility index (Phi) is 2.80. The molecule has 88 valence electrons. The minimum absolute atomic E-state index is 0.619. The molecule has 0 atom stereocenters. The molecule has 0 saturated carbocycles. The third-order valence-corrected chi connectivity index (χ3v) is 2.57. The van der Waals surface area contributed by atoms with E-state index >= 15 is 0 Å². The molecule has 0 bridgehead atoms. The normalized spacial score (nSPS) is 10.2. The molecule has 0 unspecified atom stereocenters. The number of rotatable bonds is 3. The summed E-state index contributed by atoms with van der Waals surface area (Å²) in [5, 5.41) is 3.16. The van der Waals surface area contributed by atoms with Gasteiger partial charge in [0.25, 0.3) is 0 Å². The van der Waals surface area contributed by atoms with Crippen molar-refractivity contribution in [2.24, 2.45) is 0 Å². The van der Waals surface area contributed by atoms with Crippen molar-refractivity contribution in [2.75, 3.05) is 5.32 Å². The molecular formula is C15H12N2O. The Bertz CT molecular complexity index is 617. The number of oxazole rings is 1. The maximum atomic E-state index is 5.65. The van der Waals surface area contributed by atoms with Crippen LogP contribution in [-0.4, -0.2) is 4.98 Å². The highest BCUT2D eigenvalue weighted by Crippen LogP contribution is 2.23. The van der Waals surface area contributed by atoms with E-state index in [9.17, 15) is 0 Å². The van der Waals surface area contributed by atoms with E-state index in [0.29, 0.717) is 11.8 Å². The summed E-state index contributed by atoms with van der Waals surface area (Å²) in [4.78, 5) is 4.25. The van der Waals surface area contributed by atoms with Gasteiger partial charge >= 0.3 is 0 Å². The number of benzene rings is 2. The SMILES string of the molecule is c1ccc(Nc2cnc(-c3ccccc3)o2)cc1. The number of hydrogen-bond donors (Lipinski definition) is 1. The van der Waals surface area contributed by atoms with Crippen LogP contribution < -0.4 is 5.32 Å². The second-order valence-corrected chi connectivity index (χ2v) is 3.89. The van der Waals surface area contributed by atoms with Gasteiger partial charge in [-0.1, -0.05) is 36.4 Å². The second-order valence-electron chi connectivity index (χ2n) is 3.89. The van der Waals surface area contributed by atoms with Crippen molar-refractivity contribution in [2.45, 2.75) is 0 Å². The van der Waals surface area contributed by atoms with Crippen molar-refractivity contribution in [3.63, 3.8) is 0 Å². The fourth-order valence-corrected chi connectivity index (χ4v) is 1.71. The molecule has 0 aliphatic carbocycles. The van der Waals surface area contributed by atoms with E-state index in [1.165, 1.54) is 0 Å². The maximum absolute atomic E-state index is 5.65. The molecule has 3 aromatic rings. The summed E-state index contributed by atoms with van der Waals surface area (Å²) in [5.74, 6) is 1.26. The van der Waals surface area contributed by atoms with Crippen LogP contribution >= 0.6 is 0 Å². The lowest BCUT2D eigenvalue weighted by molar-refractivity contribution is 0.591. The Labute approximate surface area is 105 Å². The molecule has 3 rings (SSSR count). The van der Waals surface area contributed by atoms with Gasteiger partial charge in [0.2, 0.25) is 11.8 Å². The van der Waals surface area contributed by atoms with Crippen molar-refractivity contribution < 1.29 is 4.42 Å². The summed E-state index contributed by atoms with van der Waals surface area (Å²) in [5.41, 5.74) is 1.95. The number of nitrogens with zero attached hydrogens (tertiary/aromatic N) is 1. The van der Waals surface area contributed by atoms with E-state index < -0.39 is 0 Å². The predicted octanol–water partition coefficient (Wildman–Crippen LogP) is 4.09. The third-order valence-electron chi connectivity index (χ3n) is 2.57. The van der Waals surface area contributed by atoms with Gasteiger partial charge < -0.3 is 9.73 Å². The van der Waals surface area contributed by atoms with Crippen LogP contribution in [0.25, 0.3) is 11.5 Å². The van der Waals surface area contributed by atoms with Crippen molar-refractivity contribution in [3.8, 4) is 11.5 Å². The van der Waals surface area contributed by atoms with Gasteiger partial charge in [0, 0.05) is 11.3 Å². The first kappa shape index (κ1) is 10.6. The van der Waals surface area contributed by atoms with Crippen LogP contribution in [0.4, 0.5) is 11.6 Å². The van der Waals surface area contributed by atoms with E-state index in [4.69, 9.17) is 4.42 Å². The molecule has 0 saturated heterocycles. The van der Waals surface area contributed by atoms with E-state index in [1.807, 2.05) is 60.7 Å². The standard InChI is InChI=1S/C15H12N2O/c1-3-7-12(8-4-1)15-16-11-14(18-15)17-13-9-5-2-6-10-13/h1-11,17H. The summed E-state index contributed by atoms with van der Waals surface area (Å²) in [7, 11) is 0. The van der Waals surface area contributed by atoms with E-state index in [2.05, 4.69) is 10.3 Å². The topological polar surface area (TPSA) is 38.1 Å². The highest BCUT2D eigenvalue weighted by atomic mass is 16.4. The van der Waals surface area contributed by atoms with Crippen molar-refractivity contribution >= 4 is 11.6 Å². The number of hydrogen-bond acceptors (Lipinski definition) is 3. The molecule has 1 aromatic heterocycles. The Balaban J connectivity index is 1.82. The number of nitrogens with one attached hydrogen (secondary N) is 1. The average molecular weight is 236 g/mol. The maximum Gasteiger partial charge on any atom is 0.228 e. The van der Waals surface area contributed by atoms with Crippen molar-refractivity contribution in [1.82, 2.24) is 4.98 Å². The molecule has 0 aliphatic rings. The Hall–Kier alpha value is -2.55. The fraction of sp³-hybridized carbons (Fsp3) is 0. The molecule has 18 heavy (non-hydrogen) atoms. The molecule has 0 spiro atoms. The van der Waals surface area contributed by atoms with Crippen LogP contribution in [0.15, 0.2) is 71.3 Å². The number of anilines is 2. The summed E-state index contributed by atoms with van der Waals surface area (Å²) < 4.78 is 5.65. The molecule has 1 heterocycles. The first-order valence-electron chi connectivity index (χ1n) is 5.75. The molecular weight excluding hydrogens is 224 g/mol. The Morgan fingerprint density at radius 1 is 0.833 bits per heavy atom. The fourth-order valence-electron chi connectivity index (χ4n) is 1.71. The molecule has 0 radical (unpaired) electrons. The molecule has 0 fully saturated rings. The molecule has 3 heteroatoms. The lowest BCUT2D eigenvalue weighted by Gasteiger charge is -2.00. The van der Waals surface area contributed by atoms with Gasteiger partial charge in [-0.3, -0.25) is 0 Å². The number of aromatic nitrogens is 1. The smallest absolute Gasteiger partial charge is 0.228 e. The van der Waals surface area contributed by atoms with Gasteiger partial charge in [-0.25, -0.2) is 4.98 Å². The minimum atomic E-state index is 0.619. The van der Waals surface area contributed by atoms with E-state index in [0.717, 1.165) is 11.3 Å². The van der Waals surface area contributed by atoms with Crippen LogP contribution in [0.1, 0.15) is 0 Å². The van der Waals surface area contributed by atoms with Crippen LogP contribution in [0.5, 0.6) is 0 Å². The lowest BCUT2D eigenvalue weighted by atomic mass is 10.2. The van der Waals surface area contributed by atoms with Crippen LogP contribution in [0.3, 0.4) is 0 Å². The zero-order valence-electron chi connectivity index (χ0n) is 9.71. The van der Waals surface area contributed by atoms with Gasteiger partial charge in [-0.05, 0) is 24.3 Å².